The molecule has 6 atom stereocenters. The molecule has 0 radical (unpaired) electrons. The Labute approximate surface area is 110 Å². The molecule has 0 saturated heterocycles. The third-order valence-corrected chi connectivity index (χ3v) is 5.31. The van der Waals surface area contributed by atoms with Crippen LogP contribution in [0.3, 0.4) is 0 Å². The maximum Gasteiger partial charge on any atom is 0.0862 e. The zero-order valence-electron chi connectivity index (χ0n) is 11.6. The van der Waals surface area contributed by atoms with E-state index >= 15 is 0 Å². The van der Waals surface area contributed by atoms with E-state index in [2.05, 4.69) is 20.4 Å². The second kappa shape index (κ2) is 4.62. The highest BCUT2D eigenvalue weighted by atomic mass is 16.3. The van der Waals surface area contributed by atoms with Gasteiger partial charge in [-0.25, -0.2) is 0 Å². The minimum absolute atomic E-state index is 0.0861. The highest BCUT2D eigenvalue weighted by Gasteiger charge is 2.55. The number of aliphatic hydroxyl groups is 3. The van der Waals surface area contributed by atoms with Crippen molar-refractivity contribution >= 4 is 0 Å². The maximum atomic E-state index is 10.6. The van der Waals surface area contributed by atoms with Crippen molar-refractivity contribution in [2.24, 2.45) is 23.2 Å². The predicted octanol–water partition coefficient (Wildman–Crippen LogP) is 1.72. The van der Waals surface area contributed by atoms with Crippen molar-refractivity contribution < 1.29 is 15.3 Å². The summed E-state index contributed by atoms with van der Waals surface area (Å²) in [4.78, 5) is 0. The summed E-state index contributed by atoms with van der Waals surface area (Å²) >= 11 is 0. The molecule has 0 spiro atoms. The molecule has 2 fully saturated rings. The summed E-state index contributed by atoms with van der Waals surface area (Å²) in [6.45, 7) is 10.3. The van der Waals surface area contributed by atoms with E-state index in [0.717, 1.165) is 18.4 Å². The van der Waals surface area contributed by atoms with Crippen molar-refractivity contribution in [2.45, 2.75) is 58.3 Å². The zero-order chi connectivity index (χ0) is 13.7. The standard InChI is InChI=1S/C15H26O3/c1-8(2)10-5-6-15(4)12(13(10)17)9(3)7-11(16)14(15)18/h8,10-14,16-18H,3,5-7H2,1-2,4H3. The van der Waals surface area contributed by atoms with Gasteiger partial charge in [-0.1, -0.05) is 32.9 Å². The van der Waals surface area contributed by atoms with Crippen molar-refractivity contribution in [1.29, 1.82) is 0 Å². The molecule has 0 aliphatic heterocycles. The SMILES string of the molecule is C=C1CC(O)C(O)C2(C)CCC(C(C)C)C(O)C12. The number of hydrogen-bond acceptors (Lipinski definition) is 3. The first kappa shape index (κ1) is 14.0. The first-order valence-electron chi connectivity index (χ1n) is 7.01. The molecule has 3 nitrogen and oxygen atoms in total. The summed E-state index contributed by atoms with van der Waals surface area (Å²) < 4.78 is 0. The second-order valence-electron chi connectivity index (χ2n) is 6.80. The largest absolute Gasteiger partial charge is 0.392 e. The van der Waals surface area contributed by atoms with Gasteiger partial charge in [0.05, 0.1) is 18.3 Å². The van der Waals surface area contributed by atoms with Gasteiger partial charge in [0.2, 0.25) is 0 Å². The molecule has 2 saturated carbocycles. The van der Waals surface area contributed by atoms with Gasteiger partial charge in [-0.15, -0.1) is 0 Å². The Bertz CT molecular complexity index is 339. The van der Waals surface area contributed by atoms with E-state index in [1.165, 1.54) is 0 Å². The van der Waals surface area contributed by atoms with E-state index in [4.69, 9.17) is 0 Å². The Kier molecular flexibility index (Phi) is 3.60. The Morgan fingerprint density at radius 1 is 1.28 bits per heavy atom. The third-order valence-electron chi connectivity index (χ3n) is 5.31. The molecular formula is C15H26O3. The van der Waals surface area contributed by atoms with Crippen LogP contribution in [0.4, 0.5) is 0 Å². The summed E-state index contributed by atoms with van der Waals surface area (Å²) in [7, 11) is 0. The van der Waals surface area contributed by atoms with Crippen LogP contribution in [0.1, 0.15) is 40.0 Å². The Balaban J connectivity index is 2.32. The van der Waals surface area contributed by atoms with Crippen molar-refractivity contribution in [3.8, 4) is 0 Å². The molecule has 2 aliphatic carbocycles. The molecule has 0 bridgehead atoms. The van der Waals surface area contributed by atoms with Gasteiger partial charge in [0.25, 0.3) is 0 Å². The lowest BCUT2D eigenvalue weighted by molar-refractivity contribution is -0.157. The van der Waals surface area contributed by atoms with E-state index in [1.807, 2.05) is 6.92 Å². The van der Waals surface area contributed by atoms with Crippen LogP contribution in [0.5, 0.6) is 0 Å². The van der Waals surface area contributed by atoms with Crippen LogP contribution in [0.2, 0.25) is 0 Å². The Hall–Kier alpha value is -0.380. The molecule has 104 valence electrons. The van der Waals surface area contributed by atoms with Crippen LogP contribution in [0.25, 0.3) is 0 Å². The van der Waals surface area contributed by atoms with Crippen LogP contribution < -0.4 is 0 Å². The highest BCUT2D eigenvalue weighted by Crippen LogP contribution is 2.54. The quantitative estimate of drug-likeness (QED) is 0.624. The minimum Gasteiger partial charge on any atom is -0.392 e. The first-order valence-corrected chi connectivity index (χ1v) is 7.01. The zero-order valence-corrected chi connectivity index (χ0v) is 11.6. The summed E-state index contributed by atoms with van der Waals surface area (Å²) in [5, 5.41) is 30.8. The van der Waals surface area contributed by atoms with Crippen LogP contribution in [0.15, 0.2) is 12.2 Å². The molecule has 0 aromatic heterocycles. The van der Waals surface area contributed by atoms with Crippen LogP contribution in [-0.4, -0.2) is 33.6 Å². The lowest BCUT2D eigenvalue weighted by atomic mass is 9.53. The Morgan fingerprint density at radius 2 is 1.89 bits per heavy atom. The third kappa shape index (κ3) is 1.93. The van der Waals surface area contributed by atoms with Crippen LogP contribution in [0, 0.1) is 23.2 Å². The smallest absolute Gasteiger partial charge is 0.0862 e. The maximum absolute atomic E-state index is 10.6. The molecule has 2 aliphatic rings. The molecule has 0 aromatic carbocycles. The summed E-state index contributed by atoms with van der Waals surface area (Å²) in [6, 6.07) is 0. The van der Waals surface area contributed by atoms with Gasteiger partial charge in [0, 0.05) is 11.3 Å². The summed E-state index contributed by atoms with van der Waals surface area (Å²) in [5.41, 5.74) is 0.465. The number of hydrogen-bond donors (Lipinski definition) is 3. The van der Waals surface area contributed by atoms with Crippen molar-refractivity contribution in [3.63, 3.8) is 0 Å². The molecular weight excluding hydrogens is 228 g/mol. The fourth-order valence-electron chi connectivity index (χ4n) is 4.16. The lowest BCUT2D eigenvalue weighted by Gasteiger charge is -2.55. The molecule has 2 rings (SSSR count). The average Bonchev–Trinajstić information content (AvgIpc) is 2.25. The van der Waals surface area contributed by atoms with Gasteiger partial charge in [-0.05, 0) is 31.1 Å². The van der Waals surface area contributed by atoms with E-state index in [9.17, 15) is 15.3 Å². The number of fused-ring (bicyclic) bond motifs is 1. The van der Waals surface area contributed by atoms with Crippen molar-refractivity contribution in [3.05, 3.63) is 12.2 Å². The highest BCUT2D eigenvalue weighted by molar-refractivity contribution is 5.20. The fourth-order valence-corrected chi connectivity index (χ4v) is 4.16. The first-order chi connectivity index (χ1) is 8.29. The molecule has 18 heavy (non-hydrogen) atoms. The van der Waals surface area contributed by atoms with Crippen molar-refractivity contribution in [2.75, 3.05) is 0 Å². The van der Waals surface area contributed by atoms with Gasteiger partial charge in [0.1, 0.15) is 0 Å². The summed E-state index contributed by atoms with van der Waals surface area (Å²) in [6.07, 6.45) is 0.219. The van der Waals surface area contributed by atoms with E-state index in [1.54, 1.807) is 0 Å². The summed E-state index contributed by atoms with van der Waals surface area (Å²) in [5.74, 6) is 0.612. The van der Waals surface area contributed by atoms with Gasteiger partial charge in [-0.3, -0.25) is 0 Å². The van der Waals surface area contributed by atoms with E-state index < -0.39 is 23.7 Å². The minimum atomic E-state index is -0.754. The van der Waals surface area contributed by atoms with Crippen molar-refractivity contribution in [1.82, 2.24) is 0 Å². The van der Waals surface area contributed by atoms with E-state index in [0.29, 0.717) is 12.3 Å². The molecule has 0 aromatic rings. The predicted molar refractivity (Wildman–Crippen MR) is 70.9 cm³/mol. The van der Waals surface area contributed by atoms with Crippen LogP contribution in [-0.2, 0) is 0 Å². The van der Waals surface area contributed by atoms with Gasteiger partial charge < -0.3 is 15.3 Å². The normalized spacial score (nSPS) is 49.3. The van der Waals surface area contributed by atoms with Gasteiger partial charge in [0.15, 0.2) is 0 Å². The Morgan fingerprint density at radius 3 is 2.44 bits per heavy atom. The number of rotatable bonds is 1. The van der Waals surface area contributed by atoms with Crippen LogP contribution >= 0.6 is 0 Å². The lowest BCUT2D eigenvalue weighted by Crippen LogP contribution is -2.58. The molecule has 3 heteroatoms. The molecule has 6 unspecified atom stereocenters. The van der Waals surface area contributed by atoms with Gasteiger partial charge >= 0.3 is 0 Å². The molecule has 0 heterocycles. The topological polar surface area (TPSA) is 60.7 Å². The molecule has 3 N–H and O–H groups in total. The fraction of sp³-hybridized carbons (Fsp3) is 0.867. The average molecular weight is 254 g/mol. The monoisotopic (exact) mass is 254 g/mol. The molecule has 0 amide bonds. The van der Waals surface area contributed by atoms with Gasteiger partial charge in [-0.2, -0.15) is 0 Å². The second-order valence-corrected chi connectivity index (χ2v) is 6.80. The van der Waals surface area contributed by atoms with E-state index in [-0.39, 0.29) is 11.8 Å². The number of aliphatic hydroxyl groups excluding tert-OH is 3.